The second-order valence-corrected chi connectivity index (χ2v) is 2.55. The van der Waals surface area contributed by atoms with Gasteiger partial charge in [-0.25, -0.2) is 11.4 Å². The Labute approximate surface area is 58.5 Å². The highest BCUT2D eigenvalue weighted by Gasteiger charge is 2.49. The number of carbonyl (C=O) groups is 1. The largest absolute Gasteiger partial charge is 0.515 e. The monoisotopic (exact) mass is 141 g/mol. The van der Waals surface area contributed by atoms with Crippen LogP contribution >= 0.6 is 0 Å². The molecule has 0 amide bonds. The van der Waals surface area contributed by atoms with Crippen molar-refractivity contribution in [1.29, 1.82) is 0 Å². The molecule has 0 aliphatic carbocycles. The van der Waals surface area contributed by atoms with Gasteiger partial charge in [-0.3, -0.25) is 4.85 Å². The van der Waals surface area contributed by atoms with Crippen LogP contribution < -0.4 is 0 Å². The smallest absolute Gasteiger partial charge is 0.415 e. The van der Waals surface area contributed by atoms with Gasteiger partial charge in [0.1, 0.15) is 0 Å². The molecule has 0 radical (unpaired) electrons. The fourth-order valence-electron chi connectivity index (χ4n) is 0.704. The van der Waals surface area contributed by atoms with Gasteiger partial charge in [-0.1, -0.05) is 0 Å². The van der Waals surface area contributed by atoms with Crippen molar-refractivity contribution in [2.24, 2.45) is 0 Å². The number of hydrogen-bond acceptors (Lipinski definition) is 3. The maximum atomic E-state index is 10.4. The molecule has 1 atom stereocenters. The molecule has 1 heterocycles. The maximum Gasteiger partial charge on any atom is 0.515 e. The minimum Gasteiger partial charge on any atom is -0.415 e. The summed E-state index contributed by atoms with van der Waals surface area (Å²) in [6, 6.07) is 0. The van der Waals surface area contributed by atoms with Crippen LogP contribution in [0.4, 0.5) is 4.79 Å². The molecule has 1 unspecified atom stereocenters. The standard InChI is InChI=1S/C6H7NO3/c1-6(2)4(7-3)9-5(8)10-6/h4H,1-2H3. The fraction of sp³-hybridized carbons (Fsp3) is 0.667. The molecule has 1 fully saturated rings. The highest BCUT2D eigenvalue weighted by molar-refractivity contribution is 5.63. The van der Waals surface area contributed by atoms with Crippen LogP contribution in [0, 0.1) is 6.57 Å². The average molecular weight is 141 g/mol. The van der Waals surface area contributed by atoms with Gasteiger partial charge < -0.3 is 9.47 Å². The molecular weight excluding hydrogens is 134 g/mol. The van der Waals surface area contributed by atoms with E-state index in [0.717, 1.165) is 0 Å². The van der Waals surface area contributed by atoms with E-state index in [0.29, 0.717) is 0 Å². The van der Waals surface area contributed by atoms with Crippen LogP contribution in [0.2, 0.25) is 0 Å². The van der Waals surface area contributed by atoms with Crippen molar-refractivity contribution in [3.63, 3.8) is 0 Å². The van der Waals surface area contributed by atoms with Crippen molar-refractivity contribution in [1.82, 2.24) is 0 Å². The van der Waals surface area contributed by atoms with E-state index >= 15 is 0 Å². The third-order valence-electron chi connectivity index (χ3n) is 1.27. The van der Waals surface area contributed by atoms with E-state index in [9.17, 15) is 4.79 Å². The molecule has 0 aromatic heterocycles. The number of hydrogen-bond donors (Lipinski definition) is 0. The zero-order valence-electron chi connectivity index (χ0n) is 5.75. The predicted octanol–water partition coefficient (Wildman–Crippen LogP) is 1.18. The first-order chi connectivity index (χ1) is 4.56. The topological polar surface area (TPSA) is 39.9 Å². The third-order valence-corrected chi connectivity index (χ3v) is 1.27. The number of nitrogens with zero attached hydrogens (tertiary/aromatic N) is 1. The van der Waals surface area contributed by atoms with Crippen LogP contribution in [0.25, 0.3) is 4.85 Å². The van der Waals surface area contributed by atoms with Gasteiger partial charge >= 0.3 is 12.4 Å². The Balaban J connectivity index is 2.79. The summed E-state index contributed by atoms with van der Waals surface area (Å²) >= 11 is 0. The number of rotatable bonds is 0. The second-order valence-electron chi connectivity index (χ2n) is 2.55. The summed E-state index contributed by atoms with van der Waals surface area (Å²) in [4.78, 5) is 13.5. The van der Waals surface area contributed by atoms with E-state index < -0.39 is 18.0 Å². The number of carbonyl (C=O) groups excluding carboxylic acids is 1. The van der Waals surface area contributed by atoms with Crippen molar-refractivity contribution in [2.75, 3.05) is 0 Å². The molecule has 0 spiro atoms. The van der Waals surface area contributed by atoms with Crippen molar-refractivity contribution in [3.8, 4) is 0 Å². The molecule has 0 saturated carbocycles. The van der Waals surface area contributed by atoms with Crippen LogP contribution in [0.15, 0.2) is 0 Å². The molecule has 1 rings (SSSR count). The molecule has 0 aromatic rings. The van der Waals surface area contributed by atoms with E-state index in [-0.39, 0.29) is 0 Å². The molecule has 0 N–H and O–H groups in total. The predicted molar refractivity (Wildman–Crippen MR) is 32.0 cm³/mol. The van der Waals surface area contributed by atoms with Crippen molar-refractivity contribution >= 4 is 6.16 Å². The first kappa shape index (κ1) is 6.87. The Morgan fingerprint density at radius 1 is 1.70 bits per heavy atom. The Morgan fingerprint density at radius 3 is 2.50 bits per heavy atom. The summed E-state index contributed by atoms with van der Waals surface area (Å²) in [7, 11) is 0. The Kier molecular flexibility index (Phi) is 1.29. The fourth-order valence-corrected chi connectivity index (χ4v) is 0.704. The Morgan fingerprint density at radius 2 is 2.30 bits per heavy atom. The van der Waals surface area contributed by atoms with Gasteiger partial charge in [-0.15, -0.1) is 0 Å². The Bertz CT molecular complexity index is 204. The first-order valence-corrected chi connectivity index (χ1v) is 2.82. The normalized spacial score (nSPS) is 28.5. The van der Waals surface area contributed by atoms with E-state index in [4.69, 9.17) is 6.57 Å². The third kappa shape index (κ3) is 0.903. The first-order valence-electron chi connectivity index (χ1n) is 2.82. The number of cyclic esters (lactones) is 2. The van der Waals surface area contributed by atoms with E-state index in [1.54, 1.807) is 13.8 Å². The molecule has 4 nitrogen and oxygen atoms in total. The molecule has 54 valence electrons. The van der Waals surface area contributed by atoms with Crippen LogP contribution in [-0.2, 0) is 9.47 Å². The lowest BCUT2D eigenvalue weighted by atomic mass is 10.1. The second kappa shape index (κ2) is 1.87. The van der Waals surface area contributed by atoms with Crippen LogP contribution in [0.3, 0.4) is 0 Å². The molecule has 10 heavy (non-hydrogen) atoms. The van der Waals surface area contributed by atoms with Crippen LogP contribution in [0.1, 0.15) is 13.8 Å². The SMILES string of the molecule is [C-]#[N+]C1OC(=O)OC1(C)C. The minimum absolute atomic E-state index is 0.758. The highest BCUT2D eigenvalue weighted by Crippen LogP contribution is 2.26. The van der Waals surface area contributed by atoms with Gasteiger partial charge in [0.2, 0.25) is 5.60 Å². The average Bonchev–Trinajstić information content (AvgIpc) is 2.04. The molecule has 0 bridgehead atoms. The molecular formula is C6H7NO3. The molecule has 1 saturated heterocycles. The summed E-state index contributed by atoms with van der Waals surface area (Å²) < 4.78 is 9.19. The minimum atomic E-state index is -0.793. The molecule has 0 aromatic carbocycles. The summed E-state index contributed by atoms with van der Waals surface area (Å²) in [5.41, 5.74) is -0.793. The lowest BCUT2D eigenvalue weighted by Gasteiger charge is -2.10. The summed E-state index contributed by atoms with van der Waals surface area (Å²) in [6.07, 6.45) is -1.55. The van der Waals surface area contributed by atoms with E-state index in [2.05, 4.69) is 14.3 Å². The number of ether oxygens (including phenoxy) is 2. The highest BCUT2D eigenvalue weighted by atomic mass is 16.8. The quantitative estimate of drug-likeness (QED) is 0.375. The van der Waals surface area contributed by atoms with Gasteiger partial charge in [0.25, 0.3) is 0 Å². The Hall–Kier alpha value is -1.24. The van der Waals surface area contributed by atoms with Crippen molar-refractivity contribution in [2.45, 2.75) is 25.7 Å². The van der Waals surface area contributed by atoms with Gasteiger partial charge in [0.05, 0.1) is 0 Å². The zero-order valence-corrected chi connectivity index (χ0v) is 5.75. The summed E-state index contributed by atoms with van der Waals surface area (Å²) in [6.45, 7) is 9.89. The lowest BCUT2D eigenvalue weighted by molar-refractivity contribution is 0.0760. The van der Waals surface area contributed by atoms with Gasteiger partial charge in [-0.2, -0.15) is 0 Å². The van der Waals surface area contributed by atoms with E-state index in [1.165, 1.54) is 0 Å². The molecule has 1 aliphatic rings. The van der Waals surface area contributed by atoms with Crippen LogP contribution in [0.5, 0.6) is 0 Å². The van der Waals surface area contributed by atoms with Crippen molar-refractivity contribution < 1.29 is 14.3 Å². The molecule has 1 aliphatic heterocycles. The summed E-state index contributed by atoms with van der Waals surface area (Å²) in [5.74, 6) is 0. The molecule has 4 heteroatoms. The zero-order chi connectivity index (χ0) is 7.78. The van der Waals surface area contributed by atoms with E-state index in [1.807, 2.05) is 0 Å². The van der Waals surface area contributed by atoms with Crippen molar-refractivity contribution in [3.05, 3.63) is 11.4 Å². The van der Waals surface area contributed by atoms with Gasteiger partial charge in [0.15, 0.2) is 0 Å². The van der Waals surface area contributed by atoms with Gasteiger partial charge in [-0.05, 0) is 13.8 Å². The maximum absolute atomic E-state index is 10.4. The summed E-state index contributed by atoms with van der Waals surface area (Å²) in [5, 5.41) is 0. The van der Waals surface area contributed by atoms with Crippen LogP contribution in [-0.4, -0.2) is 18.0 Å². The lowest BCUT2D eigenvalue weighted by Crippen LogP contribution is -2.29. The van der Waals surface area contributed by atoms with Gasteiger partial charge in [0, 0.05) is 0 Å².